The Kier molecular flexibility index (Phi) is 7.73. The molecule has 0 radical (unpaired) electrons. The molecule has 0 spiro atoms. The van der Waals surface area contributed by atoms with Gasteiger partial charge in [-0.25, -0.2) is 27.8 Å². The molecule has 2 aromatic rings. The summed E-state index contributed by atoms with van der Waals surface area (Å²) in [5, 5.41) is 2.48. The minimum absolute atomic E-state index is 0.0635. The Hall–Kier alpha value is -3.14. The van der Waals surface area contributed by atoms with Gasteiger partial charge in [0.05, 0.1) is 18.5 Å². The number of sulfonamides is 1. The molecular weight excluding hydrogens is 590 g/mol. The molecule has 0 bridgehead atoms. The lowest BCUT2D eigenvalue weighted by molar-refractivity contribution is -0.274. The van der Waals surface area contributed by atoms with Gasteiger partial charge in [0.2, 0.25) is 15.9 Å². The second-order valence-corrected chi connectivity index (χ2v) is 11.6. The summed E-state index contributed by atoms with van der Waals surface area (Å²) < 4.78 is 66.2. The van der Waals surface area contributed by atoms with E-state index in [0.29, 0.717) is 5.56 Å². The van der Waals surface area contributed by atoms with Crippen LogP contribution in [-0.4, -0.2) is 73.4 Å². The van der Waals surface area contributed by atoms with Crippen molar-refractivity contribution in [1.29, 1.82) is 0 Å². The first-order valence-corrected chi connectivity index (χ1v) is 13.8. The van der Waals surface area contributed by atoms with Crippen molar-refractivity contribution in [2.45, 2.75) is 30.8 Å². The third-order valence-electron chi connectivity index (χ3n) is 6.05. The molecule has 0 saturated carbocycles. The number of rotatable bonds is 8. The number of ether oxygens (including phenoxy) is 1. The number of carbonyl (C=O) groups is 3. The quantitative estimate of drug-likeness (QED) is 0.346. The summed E-state index contributed by atoms with van der Waals surface area (Å²) in [5.41, 5.74) is -1.06. The Morgan fingerprint density at radius 2 is 1.79 bits per heavy atom. The Morgan fingerprint density at radius 3 is 2.36 bits per heavy atom. The van der Waals surface area contributed by atoms with Crippen molar-refractivity contribution in [3.8, 4) is 5.75 Å². The SMILES string of the molecule is CS(=O)(=O)NCC(=O)N[C@@H]1CN2C(=O)N(c3cc(Cl)nc(Cl)c3)C(=O)[C@@]2(Cc2ccc(OC(F)(F)F)cc2)C1. The fraction of sp³-hybridized carbons (Fsp3) is 0.364. The molecule has 0 aliphatic carbocycles. The molecule has 2 aliphatic heterocycles. The maximum Gasteiger partial charge on any atom is 0.573 e. The van der Waals surface area contributed by atoms with E-state index in [9.17, 15) is 36.0 Å². The van der Waals surface area contributed by atoms with E-state index >= 15 is 0 Å². The van der Waals surface area contributed by atoms with E-state index in [0.717, 1.165) is 23.3 Å². The number of halogens is 5. The van der Waals surface area contributed by atoms with Crippen LogP contribution in [0.15, 0.2) is 36.4 Å². The summed E-state index contributed by atoms with van der Waals surface area (Å²) in [6.07, 6.45) is -4.18. The molecule has 2 aliphatic rings. The van der Waals surface area contributed by atoms with Crippen molar-refractivity contribution in [3.05, 3.63) is 52.3 Å². The number of aromatic nitrogens is 1. The average molecular weight is 610 g/mol. The first kappa shape index (κ1) is 28.9. The minimum atomic E-state index is -4.89. The highest BCUT2D eigenvalue weighted by molar-refractivity contribution is 7.88. The van der Waals surface area contributed by atoms with Crippen LogP contribution in [0.4, 0.5) is 23.7 Å². The highest BCUT2D eigenvalue weighted by Gasteiger charge is 2.62. The Balaban J connectivity index is 1.63. The van der Waals surface area contributed by atoms with Gasteiger partial charge in [0.25, 0.3) is 5.91 Å². The first-order valence-electron chi connectivity index (χ1n) is 11.1. The predicted octanol–water partition coefficient (Wildman–Crippen LogP) is 2.47. The van der Waals surface area contributed by atoms with Crippen molar-refractivity contribution in [1.82, 2.24) is 19.9 Å². The first-order chi connectivity index (χ1) is 18.1. The highest BCUT2D eigenvalue weighted by Crippen LogP contribution is 2.43. The summed E-state index contributed by atoms with van der Waals surface area (Å²) in [6, 6.07) is 5.91. The number of alkyl halides is 3. The standard InChI is InChI=1S/C22H20Cl2F3N5O6S/c1-39(36,37)28-10-18(33)29-13-9-21(8-12-2-4-15(5-3-12)38-22(25,26)27)19(34)32(20(35)31(21)11-13)14-6-16(23)30-17(24)7-14/h2-7,13,28H,8-11H2,1H3,(H,29,33)/t13-,21+/m0/s1. The van der Waals surface area contributed by atoms with Crippen LogP contribution in [0.5, 0.6) is 5.75 Å². The molecule has 39 heavy (non-hydrogen) atoms. The largest absolute Gasteiger partial charge is 0.573 e. The zero-order chi connectivity index (χ0) is 28.8. The van der Waals surface area contributed by atoms with Crippen molar-refractivity contribution < 1.29 is 40.7 Å². The molecule has 2 fully saturated rings. The average Bonchev–Trinajstić information content (AvgIpc) is 3.24. The molecule has 11 nitrogen and oxygen atoms in total. The third-order valence-corrected chi connectivity index (χ3v) is 7.10. The third kappa shape index (κ3) is 6.54. The minimum Gasteiger partial charge on any atom is -0.406 e. The fourth-order valence-corrected chi connectivity index (χ4v) is 5.47. The summed E-state index contributed by atoms with van der Waals surface area (Å²) in [7, 11) is -3.64. The number of amides is 4. The second kappa shape index (κ2) is 10.4. The van der Waals surface area contributed by atoms with Crippen LogP contribution in [0.2, 0.25) is 10.3 Å². The molecular formula is C22H20Cl2F3N5O6S. The van der Waals surface area contributed by atoms with Crippen LogP contribution in [0.25, 0.3) is 0 Å². The fourth-order valence-electron chi connectivity index (χ4n) is 4.63. The zero-order valence-corrected chi connectivity index (χ0v) is 22.3. The van der Waals surface area contributed by atoms with Gasteiger partial charge in [-0.05, 0) is 29.8 Å². The number of nitrogens with one attached hydrogen (secondary N) is 2. The molecule has 4 amide bonds. The Labute approximate surface area is 230 Å². The number of carbonyl (C=O) groups excluding carboxylic acids is 3. The van der Waals surface area contributed by atoms with Gasteiger partial charge in [0.1, 0.15) is 21.6 Å². The maximum absolute atomic E-state index is 13.9. The van der Waals surface area contributed by atoms with E-state index in [-0.39, 0.29) is 35.4 Å². The summed E-state index contributed by atoms with van der Waals surface area (Å²) in [4.78, 5) is 45.6. The number of hydrogen-bond acceptors (Lipinski definition) is 7. The topological polar surface area (TPSA) is 138 Å². The van der Waals surface area contributed by atoms with E-state index < -0.39 is 58.1 Å². The molecule has 1 aromatic carbocycles. The van der Waals surface area contributed by atoms with Crippen LogP contribution in [-0.2, 0) is 26.0 Å². The van der Waals surface area contributed by atoms with E-state index in [1.54, 1.807) is 0 Å². The van der Waals surface area contributed by atoms with Gasteiger partial charge in [0, 0.05) is 25.4 Å². The van der Waals surface area contributed by atoms with Gasteiger partial charge in [-0.1, -0.05) is 35.3 Å². The van der Waals surface area contributed by atoms with Gasteiger partial charge in [-0.15, -0.1) is 13.2 Å². The van der Waals surface area contributed by atoms with Gasteiger partial charge in [-0.2, -0.15) is 0 Å². The summed E-state index contributed by atoms with van der Waals surface area (Å²) >= 11 is 11.9. The van der Waals surface area contributed by atoms with E-state index in [1.807, 2.05) is 0 Å². The van der Waals surface area contributed by atoms with Gasteiger partial charge in [-0.3, -0.25) is 9.59 Å². The number of benzene rings is 1. The number of fused-ring (bicyclic) bond motifs is 1. The Morgan fingerprint density at radius 1 is 1.18 bits per heavy atom. The van der Waals surface area contributed by atoms with E-state index in [1.165, 1.54) is 29.2 Å². The number of anilines is 1. The molecule has 3 heterocycles. The van der Waals surface area contributed by atoms with Crippen molar-refractivity contribution in [2.75, 3.05) is 24.2 Å². The molecule has 2 atom stereocenters. The van der Waals surface area contributed by atoms with Gasteiger partial charge >= 0.3 is 12.4 Å². The monoisotopic (exact) mass is 609 g/mol. The number of imide groups is 1. The lowest BCUT2D eigenvalue weighted by Gasteiger charge is -2.28. The molecule has 2 N–H and O–H groups in total. The van der Waals surface area contributed by atoms with Crippen LogP contribution in [0, 0.1) is 0 Å². The normalized spacial score (nSPS) is 21.3. The number of hydrogen-bond donors (Lipinski definition) is 2. The smallest absolute Gasteiger partial charge is 0.406 e. The van der Waals surface area contributed by atoms with Gasteiger partial charge < -0.3 is 15.0 Å². The second-order valence-electron chi connectivity index (χ2n) is 8.97. The molecule has 1 aromatic heterocycles. The molecule has 17 heteroatoms. The zero-order valence-electron chi connectivity index (χ0n) is 20.0. The number of pyridine rings is 1. The summed E-state index contributed by atoms with van der Waals surface area (Å²) in [6.45, 7) is -0.654. The Bertz CT molecular complexity index is 1410. The maximum atomic E-state index is 13.9. The van der Waals surface area contributed by atoms with Crippen LogP contribution in [0.3, 0.4) is 0 Å². The molecule has 4 rings (SSSR count). The van der Waals surface area contributed by atoms with E-state index in [4.69, 9.17) is 23.2 Å². The summed E-state index contributed by atoms with van der Waals surface area (Å²) in [5.74, 6) is -1.82. The number of nitrogens with zero attached hydrogens (tertiary/aromatic N) is 3. The highest BCUT2D eigenvalue weighted by atomic mass is 35.5. The van der Waals surface area contributed by atoms with Crippen LogP contribution >= 0.6 is 23.2 Å². The van der Waals surface area contributed by atoms with Crippen LogP contribution in [0.1, 0.15) is 12.0 Å². The van der Waals surface area contributed by atoms with Gasteiger partial charge in [0.15, 0.2) is 0 Å². The van der Waals surface area contributed by atoms with Crippen LogP contribution < -0.4 is 19.7 Å². The molecule has 210 valence electrons. The predicted molar refractivity (Wildman–Crippen MR) is 133 cm³/mol. The van der Waals surface area contributed by atoms with Crippen molar-refractivity contribution >= 4 is 56.8 Å². The number of urea groups is 1. The van der Waals surface area contributed by atoms with Crippen molar-refractivity contribution in [2.24, 2.45) is 0 Å². The molecule has 0 unspecified atom stereocenters. The van der Waals surface area contributed by atoms with E-state index in [2.05, 4.69) is 19.8 Å². The molecule has 2 saturated heterocycles. The lowest BCUT2D eigenvalue weighted by Crippen LogP contribution is -2.47. The van der Waals surface area contributed by atoms with Crippen molar-refractivity contribution in [3.63, 3.8) is 0 Å². The lowest BCUT2D eigenvalue weighted by atomic mass is 9.87.